The van der Waals surface area contributed by atoms with Crippen LogP contribution in [0.15, 0.2) is 29.0 Å². The number of fused-ring (bicyclic) bond motifs is 1. The lowest BCUT2D eigenvalue weighted by atomic mass is 9.88. The van der Waals surface area contributed by atoms with E-state index >= 15 is 0 Å². The molecule has 1 fully saturated rings. The number of nitrogens with two attached hydrogens (primary N) is 1. The van der Waals surface area contributed by atoms with Crippen molar-refractivity contribution in [2.75, 3.05) is 13.1 Å². The summed E-state index contributed by atoms with van der Waals surface area (Å²) in [5.74, 6) is 0.518. The van der Waals surface area contributed by atoms with Crippen LogP contribution in [-0.4, -0.2) is 18.1 Å². The molecule has 2 unspecified atom stereocenters. The topological polar surface area (TPSA) is 64.1 Å². The standard InChI is InChI=1S/C13H17N3O/c14-13(10-2-1-5-15-7-10)9-3-4-11-12(6-9)17-8-16-11/h3-4,6,8,10,13,15H,1-2,5,7,14H2. The smallest absolute Gasteiger partial charge is 0.181 e. The van der Waals surface area contributed by atoms with Gasteiger partial charge in [-0.15, -0.1) is 0 Å². The van der Waals surface area contributed by atoms with E-state index in [9.17, 15) is 0 Å². The van der Waals surface area contributed by atoms with Crippen LogP contribution in [-0.2, 0) is 0 Å². The molecule has 2 atom stereocenters. The lowest BCUT2D eigenvalue weighted by molar-refractivity contribution is 0.326. The largest absolute Gasteiger partial charge is 0.443 e. The van der Waals surface area contributed by atoms with E-state index < -0.39 is 0 Å². The average Bonchev–Trinajstić information content (AvgIpc) is 2.86. The van der Waals surface area contributed by atoms with Crippen LogP contribution in [0.25, 0.3) is 11.1 Å². The van der Waals surface area contributed by atoms with E-state index in [-0.39, 0.29) is 6.04 Å². The zero-order valence-corrected chi connectivity index (χ0v) is 9.73. The second-order valence-electron chi connectivity index (χ2n) is 4.71. The molecular weight excluding hydrogens is 214 g/mol. The molecule has 4 heteroatoms. The normalized spacial score (nSPS) is 22.8. The first-order valence-corrected chi connectivity index (χ1v) is 6.14. The molecule has 90 valence electrons. The average molecular weight is 231 g/mol. The number of oxazole rings is 1. The van der Waals surface area contributed by atoms with Gasteiger partial charge in [-0.1, -0.05) is 6.07 Å². The van der Waals surface area contributed by atoms with Crippen LogP contribution >= 0.6 is 0 Å². The molecule has 1 aliphatic heterocycles. The minimum absolute atomic E-state index is 0.0808. The van der Waals surface area contributed by atoms with Crippen molar-refractivity contribution in [1.29, 1.82) is 0 Å². The van der Waals surface area contributed by atoms with Crippen LogP contribution in [0.3, 0.4) is 0 Å². The maximum absolute atomic E-state index is 6.33. The van der Waals surface area contributed by atoms with Gasteiger partial charge in [0.05, 0.1) is 0 Å². The fourth-order valence-electron chi connectivity index (χ4n) is 2.54. The molecule has 0 aliphatic carbocycles. The molecule has 1 aromatic heterocycles. The molecule has 0 amide bonds. The quantitative estimate of drug-likeness (QED) is 0.827. The van der Waals surface area contributed by atoms with E-state index in [2.05, 4.69) is 16.4 Å². The van der Waals surface area contributed by atoms with Crippen molar-refractivity contribution in [3.63, 3.8) is 0 Å². The third-order valence-electron chi connectivity index (χ3n) is 3.58. The van der Waals surface area contributed by atoms with Gasteiger partial charge in [-0.2, -0.15) is 0 Å². The molecular formula is C13H17N3O. The van der Waals surface area contributed by atoms with Crippen LogP contribution in [0, 0.1) is 5.92 Å². The van der Waals surface area contributed by atoms with Crippen LogP contribution in [0.4, 0.5) is 0 Å². The SMILES string of the molecule is NC(c1ccc2ncoc2c1)C1CCCNC1. The Balaban J connectivity index is 1.86. The predicted molar refractivity (Wildman–Crippen MR) is 66.5 cm³/mol. The molecule has 1 aromatic carbocycles. The van der Waals surface area contributed by atoms with E-state index in [0.29, 0.717) is 5.92 Å². The van der Waals surface area contributed by atoms with Crippen LogP contribution in [0.5, 0.6) is 0 Å². The highest BCUT2D eigenvalue weighted by Crippen LogP contribution is 2.27. The summed E-state index contributed by atoms with van der Waals surface area (Å²) in [4.78, 5) is 4.11. The number of rotatable bonds is 2. The first kappa shape index (κ1) is 10.7. The van der Waals surface area contributed by atoms with Gasteiger partial charge in [0.1, 0.15) is 5.52 Å². The summed E-state index contributed by atoms with van der Waals surface area (Å²) in [6.07, 6.45) is 3.88. The van der Waals surface area contributed by atoms with Crippen molar-refractivity contribution in [3.8, 4) is 0 Å². The van der Waals surface area contributed by atoms with E-state index in [1.54, 1.807) is 0 Å². The molecule has 17 heavy (non-hydrogen) atoms. The van der Waals surface area contributed by atoms with Crippen LogP contribution in [0.2, 0.25) is 0 Å². The molecule has 0 spiro atoms. The van der Waals surface area contributed by atoms with E-state index in [1.807, 2.05) is 12.1 Å². The van der Waals surface area contributed by atoms with Gasteiger partial charge in [-0.25, -0.2) is 4.98 Å². The molecule has 3 rings (SSSR count). The fraction of sp³-hybridized carbons (Fsp3) is 0.462. The Kier molecular flexibility index (Phi) is 2.82. The number of hydrogen-bond acceptors (Lipinski definition) is 4. The summed E-state index contributed by atoms with van der Waals surface area (Å²) in [6, 6.07) is 6.13. The molecule has 0 saturated carbocycles. The van der Waals surface area contributed by atoms with Crippen molar-refractivity contribution in [1.82, 2.24) is 10.3 Å². The minimum atomic E-state index is 0.0808. The second kappa shape index (κ2) is 4.47. The van der Waals surface area contributed by atoms with Crippen LogP contribution < -0.4 is 11.1 Å². The molecule has 0 radical (unpaired) electrons. The minimum Gasteiger partial charge on any atom is -0.443 e. The second-order valence-corrected chi connectivity index (χ2v) is 4.71. The Morgan fingerprint density at radius 3 is 3.24 bits per heavy atom. The number of benzene rings is 1. The Bertz CT molecular complexity index is 502. The highest BCUT2D eigenvalue weighted by molar-refractivity contribution is 5.72. The maximum Gasteiger partial charge on any atom is 0.181 e. The molecule has 4 nitrogen and oxygen atoms in total. The Hall–Kier alpha value is -1.39. The molecule has 0 bridgehead atoms. The predicted octanol–water partition coefficient (Wildman–Crippen LogP) is 1.83. The summed E-state index contributed by atoms with van der Waals surface area (Å²) in [5, 5.41) is 3.40. The van der Waals surface area contributed by atoms with Crippen molar-refractivity contribution in [2.45, 2.75) is 18.9 Å². The number of nitrogens with zero attached hydrogens (tertiary/aromatic N) is 1. The van der Waals surface area contributed by atoms with Gasteiger partial charge >= 0.3 is 0 Å². The highest BCUT2D eigenvalue weighted by atomic mass is 16.3. The molecule has 2 aromatic rings. The van der Waals surface area contributed by atoms with Gasteiger partial charge in [0, 0.05) is 6.04 Å². The summed E-state index contributed by atoms with van der Waals surface area (Å²) >= 11 is 0. The maximum atomic E-state index is 6.33. The van der Waals surface area contributed by atoms with Crippen molar-refractivity contribution >= 4 is 11.1 Å². The van der Waals surface area contributed by atoms with Gasteiger partial charge in [-0.3, -0.25) is 0 Å². The molecule has 1 aliphatic rings. The first-order chi connectivity index (χ1) is 8.34. The van der Waals surface area contributed by atoms with Gasteiger partial charge in [0.2, 0.25) is 0 Å². The van der Waals surface area contributed by atoms with Gasteiger partial charge in [-0.05, 0) is 49.5 Å². The Morgan fingerprint density at radius 1 is 1.47 bits per heavy atom. The molecule has 1 saturated heterocycles. The number of piperidine rings is 1. The number of hydrogen-bond donors (Lipinski definition) is 2. The van der Waals surface area contributed by atoms with E-state index in [1.165, 1.54) is 19.2 Å². The Morgan fingerprint density at radius 2 is 2.41 bits per heavy atom. The van der Waals surface area contributed by atoms with Gasteiger partial charge in [0.25, 0.3) is 0 Å². The van der Waals surface area contributed by atoms with Gasteiger partial charge in [0.15, 0.2) is 12.0 Å². The lowest BCUT2D eigenvalue weighted by Crippen LogP contribution is -2.36. The first-order valence-electron chi connectivity index (χ1n) is 6.14. The lowest BCUT2D eigenvalue weighted by Gasteiger charge is -2.28. The number of aromatic nitrogens is 1. The number of nitrogens with one attached hydrogen (secondary N) is 1. The van der Waals surface area contributed by atoms with Crippen molar-refractivity contribution in [2.24, 2.45) is 11.7 Å². The zero-order valence-electron chi connectivity index (χ0n) is 9.73. The van der Waals surface area contributed by atoms with Crippen LogP contribution in [0.1, 0.15) is 24.4 Å². The third kappa shape index (κ3) is 2.06. The van der Waals surface area contributed by atoms with E-state index in [4.69, 9.17) is 10.2 Å². The Labute approximate surface area is 100 Å². The summed E-state index contributed by atoms with van der Waals surface area (Å²) in [7, 11) is 0. The monoisotopic (exact) mass is 231 g/mol. The van der Waals surface area contributed by atoms with Crippen molar-refractivity contribution < 1.29 is 4.42 Å². The fourth-order valence-corrected chi connectivity index (χ4v) is 2.54. The molecule has 3 N–H and O–H groups in total. The highest BCUT2D eigenvalue weighted by Gasteiger charge is 2.22. The van der Waals surface area contributed by atoms with Crippen molar-refractivity contribution in [3.05, 3.63) is 30.2 Å². The van der Waals surface area contributed by atoms with Gasteiger partial charge < -0.3 is 15.5 Å². The molecule has 2 heterocycles. The summed E-state index contributed by atoms with van der Waals surface area (Å²) in [5.41, 5.74) is 9.18. The summed E-state index contributed by atoms with van der Waals surface area (Å²) in [6.45, 7) is 2.12. The zero-order chi connectivity index (χ0) is 11.7. The third-order valence-corrected chi connectivity index (χ3v) is 3.58. The van der Waals surface area contributed by atoms with E-state index in [0.717, 1.165) is 29.8 Å². The summed E-state index contributed by atoms with van der Waals surface area (Å²) < 4.78 is 5.31.